The van der Waals surface area contributed by atoms with Gasteiger partial charge in [-0.3, -0.25) is 0 Å². The Morgan fingerprint density at radius 1 is 1.12 bits per heavy atom. The summed E-state index contributed by atoms with van der Waals surface area (Å²) in [5.74, 6) is 0.937. The number of anilines is 1. The van der Waals surface area contributed by atoms with E-state index >= 15 is 0 Å². The molecular weight excluding hydrogens is 312 g/mol. The van der Waals surface area contributed by atoms with E-state index in [1.165, 1.54) is 0 Å². The number of para-hydroxylation sites is 1. The lowest BCUT2D eigenvalue weighted by Gasteiger charge is -2.15. The first-order valence-electron chi connectivity index (χ1n) is 8.45. The molecule has 3 heterocycles. The minimum Gasteiger partial charge on any atom is -0.363 e. The maximum atomic E-state index is 4.58. The Kier molecular flexibility index (Phi) is 3.93. The molecule has 1 atom stereocenters. The summed E-state index contributed by atoms with van der Waals surface area (Å²) in [5.41, 5.74) is 4.06. The number of nitrogens with zero attached hydrogens (tertiary/aromatic N) is 5. The molecule has 0 aliphatic heterocycles. The standard InChI is InChI=1S/C19H20N6/c1-3-16-11-19(25-18(23-16)9-10-20-25)22-14(2)15-12-21-24(13-15)17-7-5-4-6-8-17/h4-14,22H,3H2,1-2H3/t14-/m1/s1. The lowest BCUT2D eigenvalue weighted by atomic mass is 10.2. The molecule has 0 aliphatic rings. The molecular formula is C19H20N6. The Labute approximate surface area is 146 Å². The van der Waals surface area contributed by atoms with Crippen molar-refractivity contribution in [1.29, 1.82) is 0 Å². The highest BCUT2D eigenvalue weighted by atomic mass is 15.3. The molecule has 25 heavy (non-hydrogen) atoms. The number of hydrogen-bond donors (Lipinski definition) is 1. The summed E-state index contributed by atoms with van der Waals surface area (Å²) in [6.45, 7) is 4.22. The van der Waals surface area contributed by atoms with Crippen LogP contribution in [0.1, 0.15) is 31.1 Å². The van der Waals surface area contributed by atoms with Gasteiger partial charge >= 0.3 is 0 Å². The van der Waals surface area contributed by atoms with Crippen molar-refractivity contribution in [2.45, 2.75) is 26.3 Å². The van der Waals surface area contributed by atoms with E-state index in [1.54, 1.807) is 6.20 Å². The van der Waals surface area contributed by atoms with Crippen molar-refractivity contribution in [3.63, 3.8) is 0 Å². The van der Waals surface area contributed by atoms with Crippen LogP contribution >= 0.6 is 0 Å². The number of aromatic nitrogens is 5. The number of hydrogen-bond acceptors (Lipinski definition) is 4. The van der Waals surface area contributed by atoms with Gasteiger partial charge in [-0.1, -0.05) is 25.1 Å². The summed E-state index contributed by atoms with van der Waals surface area (Å²) in [5, 5.41) is 12.4. The molecule has 0 bridgehead atoms. The van der Waals surface area contributed by atoms with E-state index in [9.17, 15) is 0 Å². The van der Waals surface area contributed by atoms with Gasteiger partial charge in [-0.2, -0.15) is 14.7 Å². The Balaban J connectivity index is 1.61. The predicted molar refractivity (Wildman–Crippen MR) is 98.0 cm³/mol. The fourth-order valence-corrected chi connectivity index (χ4v) is 2.84. The highest BCUT2D eigenvalue weighted by Gasteiger charge is 2.12. The van der Waals surface area contributed by atoms with Gasteiger partial charge in [0.1, 0.15) is 5.82 Å². The first kappa shape index (κ1) is 15.4. The van der Waals surface area contributed by atoms with Gasteiger partial charge in [0.2, 0.25) is 0 Å². The Bertz CT molecular complexity index is 986. The zero-order valence-electron chi connectivity index (χ0n) is 14.3. The molecule has 0 saturated heterocycles. The lowest BCUT2D eigenvalue weighted by Crippen LogP contribution is -2.11. The van der Waals surface area contributed by atoms with Crippen LogP contribution in [0.25, 0.3) is 11.3 Å². The van der Waals surface area contributed by atoms with Crippen LogP contribution in [0.2, 0.25) is 0 Å². The summed E-state index contributed by atoms with van der Waals surface area (Å²) in [6, 6.07) is 14.2. The topological polar surface area (TPSA) is 60.0 Å². The van der Waals surface area contributed by atoms with E-state index in [0.717, 1.165) is 34.8 Å². The summed E-state index contributed by atoms with van der Waals surface area (Å²) < 4.78 is 3.72. The summed E-state index contributed by atoms with van der Waals surface area (Å²) in [7, 11) is 0. The van der Waals surface area contributed by atoms with Crippen molar-refractivity contribution < 1.29 is 0 Å². The van der Waals surface area contributed by atoms with Crippen molar-refractivity contribution in [1.82, 2.24) is 24.4 Å². The molecule has 0 saturated carbocycles. The van der Waals surface area contributed by atoms with Gasteiger partial charge in [0.25, 0.3) is 0 Å². The maximum Gasteiger partial charge on any atom is 0.157 e. The van der Waals surface area contributed by atoms with Crippen molar-refractivity contribution >= 4 is 11.5 Å². The van der Waals surface area contributed by atoms with E-state index in [2.05, 4.69) is 46.6 Å². The average Bonchev–Trinajstić information content (AvgIpc) is 3.32. The van der Waals surface area contributed by atoms with Gasteiger partial charge < -0.3 is 5.32 Å². The molecule has 6 heteroatoms. The SMILES string of the molecule is CCc1cc(N[C@H](C)c2cnn(-c3ccccc3)c2)n2nccc2n1. The van der Waals surface area contributed by atoms with Gasteiger partial charge in [0.15, 0.2) is 5.65 Å². The van der Waals surface area contributed by atoms with Crippen LogP contribution in [0.3, 0.4) is 0 Å². The zero-order valence-corrected chi connectivity index (χ0v) is 14.3. The molecule has 4 aromatic rings. The lowest BCUT2D eigenvalue weighted by molar-refractivity contribution is 0.831. The minimum atomic E-state index is 0.0944. The second-order valence-corrected chi connectivity index (χ2v) is 6.01. The van der Waals surface area contributed by atoms with Gasteiger partial charge in [-0.15, -0.1) is 0 Å². The normalized spacial score (nSPS) is 12.4. The third-order valence-corrected chi connectivity index (χ3v) is 4.26. The smallest absolute Gasteiger partial charge is 0.157 e. The molecule has 0 fully saturated rings. The van der Waals surface area contributed by atoms with Crippen LogP contribution in [-0.4, -0.2) is 24.4 Å². The quantitative estimate of drug-likeness (QED) is 0.606. The van der Waals surface area contributed by atoms with Crippen LogP contribution in [-0.2, 0) is 6.42 Å². The predicted octanol–water partition coefficient (Wildman–Crippen LogP) is 3.65. The van der Waals surface area contributed by atoms with Crippen LogP contribution in [0.4, 0.5) is 5.82 Å². The van der Waals surface area contributed by atoms with Crippen LogP contribution in [0, 0.1) is 0 Å². The molecule has 1 N–H and O–H groups in total. The number of benzene rings is 1. The van der Waals surface area contributed by atoms with Gasteiger partial charge in [0.05, 0.1) is 24.1 Å². The molecule has 4 rings (SSSR count). The fraction of sp³-hybridized carbons (Fsp3) is 0.211. The monoisotopic (exact) mass is 332 g/mol. The molecule has 0 aliphatic carbocycles. The van der Waals surface area contributed by atoms with Crippen molar-refractivity contribution in [2.75, 3.05) is 5.32 Å². The first-order valence-corrected chi connectivity index (χ1v) is 8.45. The van der Waals surface area contributed by atoms with Crippen LogP contribution in [0.5, 0.6) is 0 Å². The molecule has 0 spiro atoms. The van der Waals surface area contributed by atoms with E-state index in [4.69, 9.17) is 0 Å². The number of aryl methyl sites for hydroxylation is 1. The second-order valence-electron chi connectivity index (χ2n) is 6.01. The Morgan fingerprint density at radius 2 is 1.96 bits per heavy atom. The number of rotatable bonds is 5. The third kappa shape index (κ3) is 2.98. The highest BCUT2D eigenvalue weighted by Crippen LogP contribution is 2.21. The van der Waals surface area contributed by atoms with Crippen LogP contribution in [0.15, 0.2) is 61.1 Å². The van der Waals surface area contributed by atoms with Gasteiger partial charge in [0, 0.05) is 29.6 Å². The summed E-state index contributed by atoms with van der Waals surface area (Å²) >= 11 is 0. The summed E-state index contributed by atoms with van der Waals surface area (Å²) in [6.07, 6.45) is 6.60. The molecule has 0 amide bonds. The van der Waals surface area contributed by atoms with E-state index in [1.807, 2.05) is 51.8 Å². The molecule has 0 unspecified atom stereocenters. The zero-order chi connectivity index (χ0) is 17.2. The largest absolute Gasteiger partial charge is 0.363 e. The average molecular weight is 332 g/mol. The van der Waals surface area contributed by atoms with Gasteiger partial charge in [-0.05, 0) is 25.5 Å². The molecule has 6 nitrogen and oxygen atoms in total. The molecule has 0 radical (unpaired) electrons. The third-order valence-electron chi connectivity index (χ3n) is 4.26. The van der Waals surface area contributed by atoms with E-state index < -0.39 is 0 Å². The maximum absolute atomic E-state index is 4.58. The van der Waals surface area contributed by atoms with E-state index in [-0.39, 0.29) is 6.04 Å². The number of nitrogens with one attached hydrogen (secondary N) is 1. The van der Waals surface area contributed by atoms with E-state index in [0.29, 0.717) is 0 Å². The second kappa shape index (κ2) is 6.39. The van der Waals surface area contributed by atoms with Crippen molar-refractivity contribution in [3.8, 4) is 5.69 Å². The highest BCUT2D eigenvalue weighted by molar-refractivity contribution is 5.50. The Morgan fingerprint density at radius 3 is 2.76 bits per heavy atom. The van der Waals surface area contributed by atoms with Crippen LogP contribution < -0.4 is 5.32 Å². The Hall–Kier alpha value is -3.15. The first-order chi connectivity index (χ1) is 12.2. The molecule has 1 aromatic carbocycles. The van der Waals surface area contributed by atoms with Crippen molar-refractivity contribution in [3.05, 3.63) is 72.3 Å². The van der Waals surface area contributed by atoms with Gasteiger partial charge in [-0.25, -0.2) is 9.67 Å². The number of fused-ring (bicyclic) bond motifs is 1. The fourth-order valence-electron chi connectivity index (χ4n) is 2.84. The van der Waals surface area contributed by atoms with Crippen molar-refractivity contribution in [2.24, 2.45) is 0 Å². The minimum absolute atomic E-state index is 0.0944. The summed E-state index contributed by atoms with van der Waals surface area (Å²) in [4.78, 5) is 4.58. The molecule has 126 valence electrons. The molecule has 3 aromatic heterocycles.